The van der Waals surface area contributed by atoms with E-state index in [-0.39, 0.29) is 37.4 Å². The van der Waals surface area contributed by atoms with Crippen LogP contribution in [0.1, 0.15) is 43.2 Å². The fourth-order valence-corrected chi connectivity index (χ4v) is 3.45. The third-order valence-electron chi connectivity index (χ3n) is 5.17. The van der Waals surface area contributed by atoms with Crippen LogP contribution in [-0.4, -0.2) is 39.9 Å². The normalized spacial score (nSPS) is 12.5. The number of carbonyl (C=O) groups is 4. The molecule has 0 radical (unpaired) electrons. The Morgan fingerprint density at radius 1 is 0.719 bits per heavy atom. The number of aliphatic carboxylic acids is 2. The molecule has 0 aromatic heterocycles. The number of Topliss-reactive ketones (excluding diaryl/α,β-unsaturated/α-hetero) is 1. The van der Waals surface area contributed by atoms with Crippen molar-refractivity contribution >= 4 is 23.6 Å². The minimum absolute atomic E-state index is 0.0470. The van der Waals surface area contributed by atoms with Crippen LogP contribution < -0.4 is 5.32 Å². The number of carboxylic acid groups (broad SMARTS) is 2. The number of ketones is 1. The minimum atomic E-state index is -1.10. The molecule has 2 rings (SSSR count). The summed E-state index contributed by atoms with van der Waals surface area (Å²) in [5.74, 6) is -3.41. The molecule has 7 heteroatoms. The summed E-state index contributed by atoms with van der Waals surface area (Å²) in [5.41, 5.74) is 1.68. The van der Waals surface area contributed by atoms with Gasteiger partial charge >= 0.3 is 11.9 Å². The third-order valence-corrected chi connectivity index (χ3v) is 5.17. The molecule has 7 nitrogen and oxygen atoms in total. The molecule has 0 aliphatic heterocycles. The van der Waals surface area contributed by atoms with Crippen molar-refractivity contribution in [1.29, 1.82) is 0 Å². The SMILES string of the molecule is O=C(CCCCC(=O)NC(Cc1ccccc1)C(=O)O)CC(Cc1ccccc1)C(=O)O. The summed E-state index contributed by atoms with van der Waals surface area (Å²) in [7, 11) is 0. The van der Waals surface area contributed by atoms with Gasteiger partial charge in [-0.15, -0.1) is 0 Å². The summed E-state index contributed by atoms with van der Waals surface area (Å²) in [6.07, 6.45) is 1.61. The predicted molar refractivity (Wildman–Crippen MR) is 119 cm³/mol. The van der Waals surface area contributed by atoms with E-state index in [1.165, 1.54) is 0 Å². The Hall–Kier alpha value is -3.48. The number of unbranched alkanes of at least 4 members (excludes halogenated alkanes) is 1. The summed E-state index contributed by atoms with van der Waals surface area (Å²) in [4.78, 5) is 47.3. The van der Waals surface area contributed by atoms with Gasteiger partial charge in [0.15, 0.2) is 0 Å². The molecular weight excluding hydrogens is 410 g/mol. The van der Waals surface area contributed by atoms with Gasteiger partial charge in [0.2, 0.25) is 5.91 Å². The van der Waals surface area contributed by atoms with Crippen LogP contribution in [0.15, 0.2) is 60.7 Å². The van der Waals surface area contributed by atoms with Gasteiger partial charge in [0, 0.05) is 25.7 Å². The first kappa shape index (κ1) is 24.8. The Bertz CT molecular complexity index is 822. The Kier molecular flexibility index (Phi) is 10.1. The van der Waals surface area contributed by atoms with E-state index < -0.39 is 23.9 Å². The summed E-state index contributed by atoms with van der Waals surface area (Å²) < 4.78 is 0. The van der Waals surface area contributed by atoms with Crippen molar-refractivity contribution in [3.8, 4) is 0 Å². The van der Waals surface area contributed by atoms with E-state index in [1.54, 1.807) is 12.1 Å². The molecule has 0 aliphatic rings. The highest BCUT2D eigenvalue weighted by atomic mass is 16.4. The number of rotatable bonds is 14. The molecule has 2 aromatic rings. The van der Waals surface area contributed by atoms with Crippen LogP contribution in [0.3, 0.4) is 0 Å². The van der Waals surface area contributed by atoms with Gasteiger partial charge < -0.3 is 15.5 Å². The lowest BCUT2D eigenvalue weighted by Gasteiger charge is -2.15. The Morgan fingerprint density at radius 2 is 1.25 bits per heavy atom. The predicted octanol–water partition coefficient (Wildman–Crippen LogP) is 3.26. The molecule has 0 spiro atoms. The molecule has 2 atom stereocenters. The van der Waals surface area contributed by atoms with E-state index in [0.717, 1.165) is 11.1 Å². The Balaban J connectivity index is 1.71. The van der Waals surface area contributed by atoms with Crippen molar-refractivity contribution < 1.29 is 29.4 Å². The number of carbonyl (C=O) groups excluding carboxylic acids is 2. The van der Waals surface area contributed by atoms with Crippen molar-refractivity contribution in [3.05, 3.63) is 71.8 Å². The number of hydrogen-bond acceptors (Lipinski definition) is 4. The fourth-order valence-electron chi connectivity index (χ4n) is 3.45. The van der Waals surface area contributed by atoms with Gasteiger partial charge in [-0.3, -0.25) is 14.4 Å². The van der Waals surface area contributed by atoms with E-state index in [2.05, 4.69) is 5.32 Å². The highest BCUT2D eigenvalue weighted by molar-refractivity contribution is 5.85. The average Bonchev–Trinajstić information content (AvgIpc) is 2.77. The monoisotopic (exact) mass is 439 g/mol. The standard InChI is InChI=1S/C25H29NO6/c27-21(17-20(24(29)30)15-18-9-3-1-4-10-18)13-7-8-14-23(28)26-22(25(31)32)16-19-11-5-2-6-12-19/h1-6,9-12,20,22H,7-8,13-17H2,(H,26,28)(H,29,30)(H,31,32). The number of amides is 1. The lowest BCUT2D eigenvalue weighted by atomic mass is 9.93. The molecule has 0 heterocycles. The van der Waals surface area contributed by atoms with Gasteiger partial charge in [0.05, 0.1) is 5.92 Å². The average molecular weight is 440 g/mol. The first-order valence-corrected chi connectivity index (χ1v) is 10.7. The van der Waals surface area contributed by atoms with Crippen LogP contribution in [0.25, 0.3) is 0 Å². The Labute approximate surface area is 187 Å². The number of hydrogen-bond donors (Lipinski definition) is 3. The van der Waals surface area contributed by atoms with E-state index in [1.807, 2.05) is 48.5 Å². The smallest absolute Gasteiger partial charge is 0.326 e. The summed E-state index contributed by atoms with van der Waals surface area (Å²) in [5, 5.41) is 21.3. The molecule has 2 aromatic carbocycles. The summed E-state index contributed by atoms with van der Waals surface area (Å²) in [6, 6.07) is 17.2. The molecular formula is C25H29NO6. The maximum atomic E-state index is 12.2. The van der Waals surface area contributed by atoms with E-state index in [0.29, 0.717) is 19.3 Å². The molecule has 170 valence electrons. The molecule has 0 saturated carbocycles. The molecule has 0 bridgehead atoms. The Morgan fingerprint density at radius 3 is 1.78 bits per heavy atom. The maximum absolute atomic E-state index is 12.2. The third kappa shape index (κ3) is 9.12. The van der Waals surface area contributed by atoms with Crippen molar-refractivity contribution in [1.82, 2.24) is 5.32 Å². The van der Waals surface area contributed by atoms with Crippen LogP contribution in [0, 0.1) is 5.92 Å². The molecule has 3 N–H and O–H groups in total. The zero-order valence-electron chi connectivity index (χ0n) is 17.9. The van der Waals surface area contributed by atoms with E-state index in [9.17, 15) is 29.4 Å². The fraction of sp³-hybridized carbons (Fsp3) is 0.360. The van der Waals surface area contributed by atoms with Crippen molar-refractivity contribution in [2.75, 3.05) is 0 Å². The van der Waals surface area contributed by atoms with E-state index in [4.69, 9.17) is 0 Å². The van der Waals surface area contributed by atoms with Crippen LogP contribution in [0.5, 0.6) is 0 Å². The van der Waals surface area contributed by atoms with Crippen LogP contribution in [0.4, 0.5) is 0 Å². The van der Waals surface area contributed by atoms with Gasteiger partial charge in [-0.05, 0) is 30.4 Å². The zero-order valence-corrected chi connectivity index (χ0v) is 17.9. The van der Waals surface area contributed by atoms with E-state index >= 15 is 0 Å². The van der Waals surface area contributed by atoms with Gasteiger partial charge in [0.25, 0.3) is 0 Å². The van der Waals surface area contributed by atoms with Crippen molar-refractivity contribution in [3.63, 3.8) is 0 Å². The molecule has 0 fully saturated rings. The van der Waals surface area contributed by atoms with Gasteiger partial charge in [-0.2, -0.15) is 0 Å². The van der Waals surface area contributed by atoms with Crippen LogP contribution in [0.2, 0.25) is 0 Å². The summed E-state index contributed by atoms with van der Waals surface area (Å²) in [6.45, 7) is 0. The molecule has 32 heavy (non-hydrogen) atoms. The zero-order chi connectivity index (χ0) is 23.3. The first-order valence-electron chi connectivity index (χ1n) is 10.7. The number of benzene rings is 2. The topological polar surface area (TPSA) is 121 Å². The highest BCUT2D eigenvalue weighted by Gasteiger charge is 2.22. The second kappa shape index (κ2) is 13.0. The minimum Gasteiger partial charge on any atom is -0.481 e. The second-order valence-corrected chi connectivity index (χ2v) is 7.82. The van der Waals surface area contributed by atoms with Gasteiger partial charge in [-0.25, -0.2) is 4.79 Å². The lowest BCUT2D eigenvalue weighted by Crippen LogP contribution is -2.42. The van der Waals surface area contributed by atoms with Gasteiger partial charge in [0.1, 0.15) is 11.8 Å². The maximum Gasteiger partial charge on any atom is 0.326 e. The first-order chi connectivity index (χ1) is 15.3. The highest BCUT2D eigenvalue weighted by Crippen LogP contribution is 2.15. The lowest BCUT2D eigenvalue weighted by molar-refractivity contribution is -0.143. The number of carboxylic acids is 2. The van der Waals surface area contributed by atoms with Gasteiger partial charge in [-0.1, -0.05) is 60.7 Å². The molecule has 1 amide bonds. The van der Waals surface area contributed by atoms with Crippen LogP contribution >= 0.6 is 0 Å². The molecule has 0 aliphatic carbocycles. The largest absolute Gasteiger partial charge is 0.481 e. The quantitative estimate of drug-likeness (QED) is 0.389. The van der Waals surface area contributed by atoms with Crippen LogP contribution in [-0.2, 0) is 32.0 Å². The van der Waals surface area contributed by atoms with Crippen molar-refractivity contribution in [2.45, 2.75) is 51.0 Å². The number of nitrogens with one attached hydrogen (secondary N) is 1. The van der Waals surface area contributed by atoms with Crippen molar-refractivity contribution in [2.24, 2.45) is 5.92 Å². The molecule has 2 unspecified atom stereocenters. The second-order valence-electron chi connectivity index (χ2n) is 7.82. The molecule has 0 saturated heterocycles. The summed E-state index contributed by atoms with van der Waals surface area (Å²) >= 11 is 0.